The number of ether oxygens (including phenoxy) is 2. The SMILES string of the molecule is COC1CCCC(Oc2cc(Br)cc3c(C)ncnc23)CC1. The number of hydrogen-bond acceptors (Lipinski definition) is 4. The van der Waals surface area contributed by atoms with Gasteiger partial charge in [-0.05, 0) is 51.2 Å². The van der Waals surface area contributed by atoms with Crippen LogP contribution in [0.3, 0.4) is 0 Å². The van der Waals surface area contributed by atoms with Gasteiger partial charge in [0.2, 0.25) is 0 Å². The van der Waals surface area contributed by atoms with Crippen LogP contribution < -0.4 is 4.74 Å². The largest absolute Gasteiger partial charge is 0.488 e. The molecule has 0 saturated heterocycles. The van der Waals surface area contributed by atoms with Gasteiger partial charge in [0.15, 0.2) is 0 Å². The lowest BCUT2D eigenvalue weighted by Gasteiger charge is -2.19. The third-order valence-corrected chi connectivity index (χ3v) is 4.82. The smallest absolute Gasteiger partial charge is 0.147 e. The molecule has 22 heavy (non-hydrogen) atoms. The van der Waals surface area contributed by atoms with E-state index in [2.05, 4.69) is 25.9 Å². The van der Waals surface area contributed by atoms with Crippen LogP contribution in [-0.4, -0.2) is 29.3 Å². The summed E-state index contributed by atoms with van der Waals surface area (Å²) in [6.07, 6.45) is 7.62. The van der Waals surface area contributed by atoms with Gasteiger partial charge in [-0.15, -0.1) is 0 Å². The lowest BCUT2D eigenvalue weighted by atomic mass is 10.1. The Morgan fingerprint density at radius 2 is 1.86 bits per heavy atom. The molecule has 0 spiro atoms. The van der Waals surface area contributed by atoms with E-state index in [1.54, 1.807) is 13.4 Å². The summed E-state index contributed by atoms with van der Waals surface area (Å²) in [6, 6.07) is 4.05. The summed E-state index contributed by atoms with van der Waals surface area (Å²) in [5, 5.41) is 1.04. The van der Waals surface area contributed by atoms with Gasteiger partial charge in [0, 0.05) is 22.7 Å². The van der Waals surface area contributed by atoms with Gasteiger partial charge in [-0.25, -0.2) is 9.97 Å². The summed E-state index contributed by atoms with van der Waals surface area (Å²) in [5.41, 5.74) is 1.86. The van der Waals surface area contributed by atoms with Crippen LogP contribution in [0.4, 0.5) is 0 Å². The molecule has 2 atom stereocenters. The van der Waals surface area contributed by atoms with Gasteiger partial charge in [-0.1, -0.05) is 15.9 Å². The molecule has 1 heterocycles. The molecule has 3 rings (SSSR count). The molecular weight excluding hydrogens is 344 g/mol. The Kier molecular flexibility index (Phi) is 4.93. The van der Waals surface area contributed by atoms with Crippen molar-refractivity contribution < 1.29 is 9.47 Å². The molecule has 5 heteroatoms. The first-order valence-electron chi connectivity index (χ1n) is 7.77. The molecule has 0 aliphatic heterocycles. The number of hydrogen-bond donors (Lipinski definition) is 0. The second kappa shape index (κ2) is 6.92. The Hall–Kier alpha value is -1.20. The van der Waals surface area contributed by atoms with Gasteiger partial charge in [-0.2, -0.15) is 0 Å². The molecule has 1 fully saturated rings. The van der Waals surface area contributed by atoms with E-state index in [4.69, 9.17) is 9.47 Å². The Morgan fingerprint density at radius 1 is 1.09 bits per heavy atom. The molecule has 4 nitrogen and oxygen atoms in total. The molecule has 1 saturated carbocycles. The Morgan fingerprint density at radius 3 is 2.68 bits per heavy atom. The second-order valence-electron chi connectivity index (χ2n) is 5.86. The van der Waals surface area contributed by atoms with Gasteiger partial charge >= 0.3 is 0 Å². The van der Waals surface area contributed by atoms with Gasteiger partial charge in [0.1, 0.15) is 17.6 Å². The molecule has 1 aromatic heterocycles. The van der Waals surface area contributed by atoms with Crippen molar-refractivity contribution >= 4 is 26.8 Å². The highest BCUT2D eigenvalue weighted by molar-refractivity contribution is 9.10. The van der Waals surface area contributed by atoms with Crippen molar-refractivity contribution in [1.29, 1.82) is 0 Å². The normalized spacial score (nSPS) is 22.5. The molecule has 2 unspecified atom stereocenters. The molecule has 1 aromatic carbocycles. The van der Waals surface area contributed by atoms with Crippen molar-refractivity contribution in [2.75, 3.05) is 7.11 Å². The van der Waals surface area contributed by atoms with E-state index in [0.29, 0.717) is 6.10 Å². The number of nitrogens with zero attached hydrogens (tertiary/aromatic N) is 2. The van der Waals surface area contributed by atoms with Gasteiger partial charge in [-0.3, -0.25) is 0 Å². The summed E-state index contributed by atoms with van der Waals surface area (Å²) in [4.78, 5) is 8.69. The van der Waals surface area contributed by atoms with E-state index in [0.717, 1.165) is 58.9 Å². The van der Waals surface area contributed by atoms with E-state index in [1.807, 2.05) is 19.1 Å². The maximum atomic E-state index is 6.30. The summed E-state index contributed by atoms with van der Waals surface area (Å²) < 4.78 is 12.8. The maximum Gasteiger partial charge on any atom is 0.147 e. The third kappa shape index (κ3) is 3.41. The van der Waals surface area contributed by atoms with Crippen molar-refractivity contribution in [3.8, 4) is 5.75 Å². The van der Waals surface area contributed by atoms with Crippen LogP contribution in [0, 0.1) is 6.92 Å². The third-order valence-electron chi connectivity index (χ3n) is 4.36. The number of benzene rings is 1. The predicted octanol–water partition coefficient (Wildman–Crippen LogP) is 4.43. The molecule has 0 amide bonds. The van der Waals surface area contributed by atoms with Crippen LogP contribution in [0.15, 0.2) is 22.9 Å². The first-order chi connectivity index (χ1) is 10.7. The van der Waals surface area contributed by atoms with Crippen LogP contribution in [0.1, 0.15) is 37.8 Å². The highest BCUT2D eigenvalue weighted by Gasteiger charge is 2.21. The van der Waals surface area contributed by atoms with Crippen molar-refractivity contribution in [1.82, 2.24) is 9.97 Å². The maximum absolute atomic E-state index is 6.30. The Bertz CT molecular complexity index is 662. The number of methoxy groups -OCH3 is 1. The minimum Gasteiger partial charge on any atom is -0.488 e. The van der Waals surface area contributed by atoms with Crippen LogP contribution in [0.2, 0.25) is 0 Å². The fourth-order valence-electron chi connectivity index (χ4n) is 3.08. The number of aromatic nitrogens is 2. The van der Waals surface area contributed by atoms with E-state index in [9.17, 15) is 0 Å². The van der Waals surface area contributed by atoms with E-state index in [-0.39, 0.29) is 6.10 Å². The molecule has 1 aliphatic carbocycles. The number of aryl methyl sites for hydroxylation is 1. The zero-order chi connectivity index (χ0) is 15.5. The highest BCUT2D eigenvalue weighted by Crippen LogP contribution is 2.32. The average molecular weight is 365 g/mol. The van der Waals surface area contributed by atoms with E-state index < -0.39 is 0 Å². The standard InChI is InChI=1S/C17H21BrN2O2/c1-11-15-8-12(18)9-16(17(15)20-10-19-11)22-14-5-3-4-13(21-2)6-7-14/h8-10,13-14H,3-7H2,1-2H3. The van der Waals surface area contributed by atoms with Crippen LogP contribution in [-0.2, 0) is 4.74 Å². The summed E-state index contributed by atoms with van der Waals surface area (Å²) in [6.45, 7) is 2.00. The topological polar surface area (TPSA) is 44.2 Å². The summed E-state index contributed by atoms with van der Waals surface area (Å²) >= 11 is 3.56. The van der Waals surface area contributed by atoms with Crippen molar-refractivity contribution in [3.05, 3.63) is 28.6 Å². The number of fused-ring (bicyclic) bond motifs is 1. The van der Waals surface area contributed by atoms with Crippen molar-refractivity contribution in [2.45, 2.75) is 51.2 Å². The summed E-state index contributed by atoms with van der Waals surface area (Å²) in [5.74, 6) is 0.843. The van der Waals surface area contributed by atoms with Gasteiger partial charge in [0.05, 0.1) is 12.2 Å². The van der Waals surface area contributed by atoms with Crippen molar-refractivity contribution in [2.24, 2.45) is 0 Å². The Balaban J connectivity index is 1.86. The summed E-state index contributed by atoms with van der Waals surface area (Å²) in [7, 11) is 1.80. The van der Waals surface area contributed by atoms with Crippen molar-refractivity contribution in [3.63, 3.8) is 0 Å². The quantitative estimate of drug-likeness (QED) is 0.755. The van der Waals surface area contributed by atoms with Crippen LogP contribution in [0.25, 0.3) is 10.9 Å². The average Bonchev–Trinajstić information content (AvgIpc) is 2.73. The predicted molar refractivity (Wildman–Crippen MR) is 90.3 cm³/mol. The zero-order valence-corrected chi connectivity index (χ0v) is 14.6. The minimum atomic E-state index is 0.230. The molecule has 0 N–H and O–H groups in total. The van der Waals surface area contributed by atoms with Gasteiger partial charge in [0.25, 0.3) is 0 Å². The van der Waals surface area contributed by atoms with Crippen LogP contribution in [0.5, 0.6) is 5.75 Å². The van der Waals surface area contributed by atoms with Crippen LogP contribution >= 0.6 is 15.9 Å². The van der Waals surface area contributed by atoms with E-state index in [1.165, 1.54) is 0 Å². The molecule has 0 bridgehead atoms. The molecule has 118 valence electrons. The molecular formula is C17H21BrN2O2. The molecule has 2 aromatic rings. The fraction of sp³-hybridized carbons (Fsp3) is 0.529. The zero-order valence-electron chi connectivity index (χ0n) is 13.0. The van der Waals surface area contributed by atoms with Gasteiger partial charge < -0.3 is 9.47 Å². The molecule has 1 aliphatic rings. The monoisotopic (exact) mass is 364 g/mol. The number of rotatable bonds is 3. The number of halogens is 1. The first kappa shape index (κ1) is 15.7. The Labute approximate surface area is 139 Å². The molecule has 0 radical (unpaired) electrons. The van der Waals surface area contributed by atoms with E-state index >= 15 is 0 Å². The highest BCUT2D eigenvalue weighted by atomic mass is 79.9. The lowest BCUT2D eigenvalue weighted by Crippen LogP contribution is -2.16. The fourth-order valence-corrected chi connectivity index (χ4v) is 3.52. The first-order valence-corrected chi connectivity index (χ1v) is 8.57. The lowest BCUT2D eigenvalue weighted by molar-refractivity contribution is 0.0859. The minimum absolute atomic E-state index is 0.230. The second-order valence-corrected chi connectivity index (χ2v) is 6.78.